The highest BCUT2D eigenvalue weighted by Crippen LogP contribution is 2.58. The highest BCUT2D eigenvalue weighted by molar-refractivity contribution is 5.97. The van der Waals surface area contributed by atoms with Crippen LogP contribution < -0.4 is 15.0 Å². The van der Waals surface area contributed by atoms with Gasteiger partial charge in [0.1, 0.15) is 11.5 Å². The zero-order valence-electron chi connectivity index (χ0n) is 23.1. The molecule has 5 aromatic rings. The van der Waals surface area contributed by atoms with Crippen LogP contribution in [0.15, 0.2) is 115 Å². The van der Waals surface area contributed by atoms with Crippen LogP contribution in [-0.4, -0.2) is 19.1 Å². The van der Waals surface area contributed by atoms with E-state index in [0.717, 1.165) is 58.0 Å². The van der Waals surface area contributed by atoms with Gasteiger partial charge in [0.05, 0.1) is 5.56 Å². The molecule has 202 valence electrons. The third-order valence-electron chi connectivity index (χ3n) is 8.10. The molecule has 1 unspecified atom stereocenters. The van der Waals surface area contributed by atoms with Crippen LogP contribution in [0.2, 0.25) is 0 Å². The predicted octanol–water partition coefficient (Wildman–Crippen LogP) is 8.51. The maximum absolute atomic E-state index is 13.4. The number of nitrogens with zero attached hydrogens (tertiary/aromatic N) is 1. The number of esters is 1. The Bertz CT molecular complexity index is 1760. The van der Waals surface area contributed by atoms with E-state index in [2.05, 4.69) is 66.5 Å². The third-order valence-corrected chi connectivity index (χ3v) is 8.10. The molecular weight excluding hydrogens is 508 g/mol. The van der Waals surface area contributed by atoms with E-state index in [1.807, 2.05) is 72.8 Å². The van der Waals surface area contributed by atoms with Gasteiger partial charge in [0.15, 0.2) is 5.60 Å². The van der Waals surface area contributed by atoms with Crippen molar-refractivity contribution in [1.29, 1.82) is 0 Å². The van der Waals surface area contributed by atoms with Crippen LogP contribution in [-0.2, 0) is 10.3 Å². The van der Waals surface area contributed by atoms with E-state index in [-0.39, 0.29) is 5.97 Å². The van der Waals surface area contributed by atoms with E-state index < -0.39 is 5.60 Å². The van der Waals surface area contributed by atoms with Crippen LogP contribution >= 0.6 is 0 Å². The monoisotopic (exact) mass is 538 g/mol. The molecule has 2 aliphatic heterocycles. The van der Waals surface area contributed by atoms with Crippen LogP contribution in [0.4, 0.5) is 17.1 Å². The molecule has 5 heteroatoms. The molecule has 0 bridgehead atoms. The molecule has 0 saturated heterocycles. The Labute approximate surface area is 240 Å². The number of nitrogens with one attached hydrogen (secondary N) is 1. The number of anilines is 3. The summed E-state index contributed by atoms with van der Waals surface area (Å²) in [6, 6.07) is 38.4. The predicted molar refractivity (Wildman–Crippen MR) is 163 cm³/mol. The Kier molecular flexibility index (Phi) is 6.01. The van der Waals surface area contributed by atoms with Gasteiger partial charge >= 0.3 is 5.97 Å². The molecule has 5 aromatic carbocycles. The number of benzene rings is 5. The summed E-state index contributed by atoms with van der Waals surface area (Å²) in [7, 11) is 0. The lowest BCUT2D eigenvalue weighted by atomic mass is 9.77. The van der Waals surface area contributed by atoms with Gasteiger partial charge < -0.3 is 19.7 Å². The minimum absolute atomic E-state index is 0.336. The van der Waals surface area contributed by atoms with Crippen molar-refractivity contribution < 1.29 is 14.3 Å². The topological polar surface area (TPSA) is 50.8 Å². The van der Waals surface area contributed by atoms with Crippen LogP contribution in [0, 0.1) is 0 Å². The Morgan fingerprint density at radius 1 is 0.683 bits per heavy atom. The van der Waals surface area contributed by atoms with Crippen molar-refractivity contribution in [3.8, 4) is 22.6 Å². The van der Waals surface area contributed by atoms with Crippen LogP contribution in [0.1, 0.15) is 40.9 Å². The molecule has 0 aliphatic carbocycles. The molecule has 2 aliphatic rings. The molecule has 41 heavy (non-hydrogen) atoms. The lowest BCUT2D eigenvalue weighted by Gasteiger charge is -2.38. The Morgan fingerprint density at radius 2 is 1.37 bits per heavy atom. The highest BCUT2D eigenvalue weighted by atomic mass is 16.6. The number of hydrogen-bond donors (Lipinski definition) is 1. The normalized spacial score (nSPS) is 16.3. The first-order chi connectivity index (χ1) is 20.1. The molecule has 2 heterocycles. The molecule has 0 aromatic heterocycles. The number of carbonyl (C=O) groups excluding carboxylic acids is 1. The maximum Gasteiger partial charge on any atom is 0.340 e. The number of carbonyl (C=O) groups is 1. The van der Waals surface area contributed by atoms with Gasteiger partial charge in [0.25, 0.3) is 0 Å². The van der Waals surface area contributed by atoms with Gasteiger partial charge in [-0.2, -0.15) is 0 Å². The Morgan fingerprint density at radius 3 is 2.12 bits per heavy atom. The molecule has 0 radical (unpaired) electrons. The fraction of sp³-hybridized carbons (Fsp3) is 0.139. The smallest absolute Gasteiger partial charge is 0.340 e. The SMILES string of the molecule is CCN(CC)c1ccc2c(c1)Oc1cc(-c3ccccc3)c(Nc3ccccc3)cc1C21OC(=O)c2ccccc21. The summed E-state index contributed by atoms with van der Waals surface area (Å²) >= 11 is 0. The molecule has 0 fully saturated rings. The second-order valence-corrected chi connectivity index (χ2v) is 10.3. The fourth-order valence-corrected chi connectivity index (χ4v) is 6.13. The largest absolute Gasteiger partial charge is 0.456 e. The average molecular weight is 539 g/mol. The van der Waals surface area contributed by atoms with Gasteiger partial charge in [-0.05, 0) is 61.9 Å². The van der Waals surface area contributed by atoms with Crippen molar-refractivity contribution in [2.45, 2.75) is 19.4 Å². The van der Waals surface area contributed by atoms with E-state index in [0.29, 0.717) is 17.1 Å². The first kappa shape index (κ1) is 25.0. The van der Waals surface area contributed by atoms with E-state index >= 15 is 0 Å². The molecular formula is C36H30N2O3. The average Bonchev–Trinajstić information content (AvgIpc) is 3.31. The van der Waals surface area contributed by atoms with E-state index in [4.69, 9.17) is 9.47 Å². The number of hydrogen-bond acceptors (Lipinski definition) is 5. The number of fused-ring (bicyclic) bond motifs is 6. The van der Waals surface area contributed by atoms with Crippen LogP contribution in [0.25, 0.3) is 11.1 Å². The third kappa shape index (κ3) is 3.96. The molecule has 0 saturated carbocycles. The minimum atomic E-state index is -1.14. The van der Waals surface area contributed by atoms with Gasteiger partial charge in [-0.15, -0.1) is 0 Å². The molecule has 5 nitrogen and oxygen atoms in total. The van der Waals surface area contributed by atoms with Gasteiger partial charge in [0.2, 0.25) is 0 Å². The van der Waals surface area contributed by atoms with E-state index in [1.165, 1.54) is 0 Å². The second kappa shape index (κ2) is 9.86. The lowest BCUT2D eigenvalue weighted by Crippen LogP contribution is -2.33. The van der Waals surface area contributed by atoms with E-state index in [9.17, 15) is 4.79 Å². The van der Waals surface area contributed by atoms with Crippen LogP contribution in [0.3, 0.4) is 0 Å². The summed E-state index contributed by atoms with van der Waals surface area (Å²) in [6.07, 6.45) is 0. The first-order valence-corrected chi connectivity index (χ1v) is 14.1. The Balaban J connectivity index is 1.50. The van der Waals surface area contributed by atoms with Crippen molar-refractivity contribution in [3.63, 3.8) is 0 Å². The molecule has 1 N–H and O–H groups in total. The quantitative estimate of drug-likeness (QED) is 0.220. The number of rotatable bonds is 6. The Hall–Kier alpha value is -5.03. The van der Waals surface area contributed by atoms with Gasteiger partial charge in [-0.3, -0.25) is 0 Å². The summed E-state index contributed by atoms with van der Waals surface area (Å²) in [6.45, 7) is 6.04. The first-order valence-electron chi connectivity index (χ1n) is 14.1. The molecule has 1 spiro atoms. The second-order valence-electron chi connectivity index (χ2n) is 10.3. The van der Waals surface area contributed by atoms with Gasteiger partial charge in [-0.1, -0.05) is 66.7 Å². The highest BCUT2D eigenvalue weighted by Gasteiger charge is 2.53. The van der Waals surface area contributed by atoms with Gasteiger partial charge in [0, 0.05) is 58.5 Å². The lowest BCUT2D eigenvalue weighted by molar-refractivity contribution is 0.0224. The summed E-state index contributed by atoms with van der Waals surface area (Å²) in [4.78, 5) is 15.7. The van der Waals surface area contributed by atoms with Crippen molar-refractivity contribution in [2.24, 2.45) is 0 Å². The summed E-state index contributed by atoms with van der Waals surface area (Å²) in [5, 5.41) is 3.62. The summed E-state index contributed by atoms with van der Waals surface area (Å²) in [5.41, 5.74) is 6.83. The van der Waals surface area contributed by atoms with E-state index in [1.54, 1.807) is 0 Å². The standard InChI is InChI=1S/C36H30N2O3/c1-3-38(4-2)26-19-20-30-33(21-26)40-34-22-28(24-13-7-5-8-14-24)32(37-25-15-9-6-10-16-25)23-31(34)36(30)29-18-12-11-17-27(29)35(39)41-36/h5-23,37H,3-4H2,1-2H3. The minimum Gasteiger partial charge on any atom is -0.456 e. The number of ether oxygens (including phenoxy) is 2. The maximum atomic E-state index is 13.4. The molecule has 0 amide bonds. The van der Waals surface area contributed by atoms with Crippen molar-refractivity contribution >= 4 is 23.0 Å². The van der Waals surface area contributed by atoms with Gasteiger partial charge in [-0.25, -0.2) is 4.79 Å². The number of para-hydroxylation sites is 1. The molecule has 1 atom stereocenters. The summed E-state index contributed by atoms with van der Waals surface area (Å²) < 4.78 is 13.2. The molecule has 7 rings (SSSR count). The van der Waals surface area contributed by atoms with Crippen molar-refractivity contribution in [1.82, 2.24) is 0 Å². The zero-order chi connectivity index (χ0) is 28.0. The summed E-state index contributed by atoms with van der Waals surface area (Å²) in [5.74, 6) is 1.02. The fourth-order valence-electron chi connectivity index (χ4n) is 6.13. The zero-order valence-corrected chi connectivity index (χ0v) is 23.1. The van der Waals surface area contributed by atoms with Crippen LogP contribution in [0.5, 0.6) is 11.5 Å². The van der Waals surface area contributed by atoms with Crippen molar-refractivity contribution in [2.75, 3.05) is 23.3 Å². The van der Waals surface area contributed by atoms with Crippen molar-refractivity contribution in [3.05, 3.63) is 138 Å².